The molecule has 0 unspecified atom stereocenters. The van der Waals surface area contributed by atoms with Crippen LogP contribution in [0.5, 0.6) is 0 Å². The van der Waals surface area contributed by atoms with E-state index >= 15 is 0 Å². The first kappa shape index (κ1) is 17.5. The summed E-state index contributed by atoms with van der Waals surface area (Å²) in [6.45, 7) is 0. The number of nitrogens with zero attached hydrogens (tertiary/aromatic N) is 1. The SMILES string of the molecule is CN(C(=O)c1ccc(C(=O)NC2CC2)cc1)C1(C(=O)O)CCCCC1. The molecule has 2 aliphatic carbocycles. The predicted molar refractivity (Wildman–Crippen MR) is 92.5 cm³/mol. The third-order valence-corrected chi connectivity index (χ3v) is 5.33. The Labute approximate surface area is 147 Å². The monoisotopic (exact) mass is 344 g/mol. The number of benzene rings is 1. The molecule has 25 heavy (non-hydrogen) atoms. The van der Waals surface area contributed by atoms with E-state index in [9.17, 15) is 19.5 Å². The van der Waals surface area contributed by atoms with Crippen molar-refractivity contribution in [2.75, 3.05) is 7.05 Å². The first-order chi connectivity index (χ1) is 11.9. The summed E-state index contributed by atoms with van der Waals surface area (Å²) < 4.78 is 0. The number of carbonyl (C=O) groups is 3. The van der Waals surface area contributed by atoms with Crippen molar-refractivity contribution in [1.82, 2.24) is 10.2 Å². The lowest BCUT2D eigenvalue weighted by molar-refractivity contribution is -0.151. The van der Waals surface area contributed by atoms with Crippen molar-refractivity contribution in [1.29, 1.82) is 0 Å². The molecule has 0 aliphatic heterocycles. The summed E-state index contributed by atoms with van der Waals surface area (Å²) in [5.41, 5.74) is -0.217. The Hall–Kier alpha value is -2.37. The molecule has 3 rings (SSSR count). The zero-order chi connectivity index (χ0) is 18.0. The van der Waals surface area contributed by atoms with Gasteiger partial charge in [-0.2, -0.15) is 0 Å². The summed E-state index contributed by atoms with van der Waals surface area (Å²) in [6.07, 6.45) is 5.61. The Morgan fingerprint density at radius 2 is 1.60 bits per heavy atom. The summed E-state index contributed by atoms with van der Waals surface area (Å²) in [7, 11) is 1.56. The number of carboxylic acids is 1. The molecule has 6 nitrogen and oxygen atoms in total. The van der Waals surface area contributed by atoms with Crippen molar-refractivity contribution in [3.05, 3.63) is 35.4 Å². The molecule has 0 aromatic heterocycles. The Kier molecular flexibility index (Phi) is 4.79. The second-order valence-electron chi connectivity index (χ2n) is 7.09. The molecule has 2 fully saturated rings. The van der Waals surface area contributed by atoms with E-state index in [-0.39, 0.29) is 17.9 Å². The van der Waals surface area contributed by atoms with Gasteiger partial charge in [0.15, 0.2) is 0 Å². The molecular formula is C19H24N2O4. The number of amides is 2. The number of nitrogens with one attached hydrogen (secondary N) is 1. The number of aliphatic carboxylic acids is 1. The average molecular weight is 344 g/mol. The zero-order valence-corrected chi connectivity index (χ0v) is 14.5. The van der Waals surface area contributed by atoms with Gasteiger partial charge in [-0.1, -0.05) is 19.3 Å². The van der Waals surface area contributed by atoms with Crippen molar-refractivity contribution in [2.45, 2.75) is 56.5 Å². The molecule has 2 aliphatic rings. The van der Waals surface area contributed by atoms with Crippen LogP contribution >= 0.6 is 0 Å². The topological polar surface area (TPSA) is 86.7 Å². The second-order valence-corrected chi connectivity index (χ2v) is 7.09. The van der Waals surface area contributed by atoms with Gasteiger partial charge in [-0.15, -0.1) is 0 Å². The van der Waals surface area contributed by atoms with Gasteiger partial charge in [-0.3, -0.25) is 9.59 Å². The van der Waals surface area contributed by atoms with Crippen molar-refractivity contribution >= 4 is 17.8 Å². The van der Waals surface area contributed by atoms with Crippen LogP contribution in [0.25, 0.3) is 0 Å². The van der Waals surface area contributed by atoms with Gasteiger partial charge in [0, 0.05) is 24.2 Å². The highest BCUT2D eigenvalue weighted by Crippen LogP contribution is 2.34. The summed E-state index contributed by atoms with van der Waals surface area (Å²) in [6, 6.07) is 6.71. The van der Waals surface area contributed by atoms with E-state index in [1.165, 1.54) is 4.90 Å². The fourth-order valence-corrected chi connectivity index (χ4v) is 3.48. The van der Waals surface area contributed by atoms with Crippen molar-refractivity contribution in [3.63, 3.8) is 0 Å². The largest absolute Gasteiger partial charge is 0.479 e. The molecule has 0 saturated heterocycles. The fraction of sp³-hybridized carbons (Fsp3) is 0.526. The molecule has 1 aromatic rings. The Morgan fingerprint density at radius 1 is 1.04 bits per heavy atom. The molecule has 0 heterocycles. The van der Waals surface area contributed by atoms with Gasteiger partial charge in [0.05, 0.1) is 0 Å². The number of hydrogen-bond acceptors (Lipinski definition) is 3. The van der Waals surface area contributed by atoms with Gasteiger partial charge in [-0.25, -0.2) is 4.79 Å². The number of carboxylic acid groups (broad SMARTS) is 1. The maximum atomic E-state index is 12.8. The fourth-order valence-electron chi connectivity index (χ4n) is 3.48. The Balaban J connectivity index is 1.74. The quantitative estimate of drug-likeness (QED) is 0.859. The van der Waals surface area contributed by atoms with Crippen LogP contribution in [-0.4, -0.2) is 46.4 Å². The predicted octanol–water partition coefficient (Wildman–Crippen LogP) is 2.44. The molecule has 0 radical (unpaired) electrons. The lowest BCUT2D eigenvalue weighted by atomic mass is 9.80. The lowest BCUT2D eigenvalue weighted by Gasteiger charge is -2.41. The normalized spacial score (nSPS) is 19.1. The van der Waals surface area contributed by atoms with Crippen molar-refractivity contribution in [2.24, 2.45) is 0 Å². The van der Waals surface area contributed by atoms with E-state index < -0.39 is 11.5 Å². The second kappa shape index (κ2) is 6.86. The van der Waals surface area contributed by atoms with Gasteiger partial charge >= 0.3 is 5.97 Å². The van der Waals surface area contributed by atoms with Crippen LogP contribution in [0.2, 0.25) is 0 Å². The molecular weight excluding hydrogens is 320 g/mol. The van der Waals surface area contributed by atoms with Gasteiger partial charge in [0.2, 0.25) is 0 Å². The number of carbonyl (C=O) groups excluding carboxylic acids is 2. The average Bonchev–Trinajstić information content (AvgIpc) is 3.45. The van der Waals surface area contributed by atoms with Crippen LogP contribution < -0.4 is 5.32 Å². The van der Waals surface area contributed by atoms with Crippen LogP contribution in [0.1, 0.15) is 65.7 Å². The minimum Gasteiger partial charge on any atom is -0.479 e. The lowest BCUT2D eigenvalue weighted by Crippen LogP contribution is -2.56. The number of rotatable bonds is 5. The summed E-state index contributed by atoms with van der Waals surface area (Å²) in [5.74, 6) is -1.40. The van der Waals surface area contributed by atoms with Gasteiger partial charge < -0.3 is 15.3 Å². The molecule has 6 heteroatoms. The van der Waals surface area contributed by atoms with E-state index in [1.54, 1.807) is 31.3 Å². The molecule has 1 aromatic carbocycles. The first-order valence-corrected chi connectivity index (χ1v) is 8.86. The minimum absolute atomic E-state index is 0.135. The van der Waals surface area contributed by atoms with Crippen LogP contribution in [0.3, 0.4) is 0 Å². The van der Waals surface area contributed by atoms with Crippen molar-refractivity contribution in [3.8, 4) is 0 Å². The van der Waals surface area contributed by atoms with Gasteiger partial charge in [0.1, 0.15) is 5.54 Å². The highest BCUT2D eigenvalue weighted by molar-refractivity contribution is 5.99. The third kappa shape index (κ3) is 3.52. The van der Waals surface area contributed by atoms with Gasteiger partial charge in [0.25, 0.3) is 11.8 Å². The molecule has 0 atom stereocenters. The van der Waals surface area contributed by atoms with E-state index in [0.29, 0.717) is 24.0 Å². The first-order valence-electron chi connectivity index (χ1n) is 8.86. The maximum Gasteiger partial charge on any atom is 0.329 e. The number of hydrogen-bond donors (Lipinski definition) is 2. The Morgan fingerprint density at radius 3 is 2.12 bits per heavy atom. The summed E-state index contributed by atoms with van der Waals surface area (Å²) >= 11 is 0. The van der Waals surface area contributed by atoms with Crippen LogP contribution in [-0.2, 0) is 4.79 Å². The zero-order valence-electron chi connectivity index (χ0n) is 14.5. The van der Waals surface area contributed by atoms with E-state index in [2.05, 4.69) is 5.32 Å². The Bertz CT molecular complexity index is 673. The standard InChI is InChI=1S/C19H24N2O4/c1-21(19(18(24)25)11-3-2-4-12-19)17(23)14-7-5-13(6-8-14)16(22)20-15-9-10-15/h5-8,15H,2-4,9-12H2,1H3,(H,20,22)(H,24,25). The smallest absolute Gasteiger partial charge is 0.329 e. The molecule has 0 spiro atoms. The van der Waals surface area contributed by atoms with Crippen molar-refractivity contribution < 1.29 is 19.5 Å². The van der Waals surface area contributed by atoms with Crippen LogP contribution in [0.15, 0.2) is 24.3 Å². The summed E-state index contributed by atoms with van der Waals surface area (Å²) in [5, 5.41) is 12.6. The van der Waals surface area contributed by atoms with Crippen LogP contribution in [0.4, 0.5) is 0 Å². The molecule has 2 amide bonds. The summed E-state index contributed by atoms with van der Waals surface area (Å²) in [4.78, 5) is 38.0. The molecule has 2 N–H and O–H groups in total. The third-order valence-electron chi connectivity index (χ3n) is 5.33. The highest BCUT2D eigenvalue weighted by Gasteiger charge is 2.45. The molecule has 2 saturated carbocycles. The number of likely N-dealkylation sites (N-methyl/N-ethyl adjacent to an activating group) is 1. The maximum absolute atomic E-state index is 12.8. The van der Waals surface area contributed by atoms with E-state index in [4.69, 9.17) is 0 Å². The van der Waals surface area contributed by atoms with Gasteiger partial charge in [-0.05, 0) is 49.9 Å². The van der Waals surface area contributed by atoms with E-state index in [0.717, 1.165) is 32.1 Å². The minimum atomic E-state index is -1.13. The van der Waals surface area contributed by atoms with E-state index in [1.807, 2.05) is 0 Å². The highest BCUT2D eigenvalue weighted by atomic mass is 16.4. The van der Waals surface area contributed by atoms with Crippen LogP contribution in [0, 0.1) is 0 Å². The molecule has 134 valence electrons. The molecule has 0 bridgehead atoms.